The molecular weight excluding hydrogens is 282 g/mol. The predicted octanol–water partition coefficient (Wildman–Crippen LogP) is 5.87. The van der Waals surface area contributed by atoms with Crippen molar-refractivity contribution in [3.05, 3.63) is 59.2 Å². The van der Waals surface area contributed by atoms with Crippen LogP contribution < -0.4 is 10.1 Å². The number of hydrogen-bond acceptors (Lipinski definition) is 2. The number of rotatable bonds is 9. The Labute approximate surface area is 140 Å². The normalized spacial score (nSPS) is 10.6. The maximum Gasteiger partial charge on any atom is 0.119 e. The lowest BCUT2D eigenvalue weighted by Gasteiger charge is -2.10. The van der Waals surface area contributed by atoms with Crippen LogP contribution in [-0.4, -0.2) is 6.61 Å². The molecule has 0 radical (unpaired) electrons. The van der Waals surface area contributed by atoms with Gasteiger partial charge < -0.3 is 10.1 Å². The monoisotopic (exact) mass is 311 g/mol. The van der Waals surface area contributed by atoms with Crippen molar-refractivity contribution in [2.45, 2.75) is 53.0 Å². The van der Waals surface area contributed by atoms with Crippen molar-refractivity contribution in [3.63, 3.8) is 0 Å². The molecule has 2 aromatic carbocycles. The summed E-state index contributed by atoms with van der Waals surface area (Å²) in [4.78, 5) is 0. The molecule has 0 atom stereocenters. The van der Waals surface area contributed by atoms with E-state index in [4.69, 9.17) is 4.74 Å². The zero-order valence-corrected chi connectivity index (χ0v) is 14.7. The molecule has 0 aliphatic rings. The molecule has 0 amide bonds. The predicted molar refractivity (Wildman–Crippen MR) is 99.3 cm³/mol. The van der Waals surface area contributed by atoms with E-state index in [0.717, 1.165) is 25.3 Å². The number of benzene rings is 2. The Bertz CT molecular complexity index is 589. The van der Waals surface area contributed by atoms with Gasteiger partial charge in [-0.25, -0.2) is 0 Å². The molecule has 2 heteroatoms. The Morgan fingerprint density at radius 1 is 0.870 bits per heavy atom. The summed E-state index contributed by atoms with van der Waals surface area (Å²) in [6.45, 7) is 8.16. The first-order valence-corrected chi connectivity index (χ1v) is 8.72. The molecule has 0 heterocycles. The summed E-state index contributed by atoms with van der Waals surface area (Å²) in [6.07, 6.45) is 4.97. The van der Waals surface area contributed by atoms with Gasteiger partial charge in [-0.15, -0.1) is 0 Å². The van der Waals surface area contributed by atoms with Crippen LogP contribution in [-0.2, 0) is 6.54 Å². The van der Waals surface area contributed by atoms with Crippen molar-refractivity contribution in [2.24, 2.45) is 0 Å². The van der Waals surface area contributed by atoms with Crippen molar-refractivity contribution in [3.8, 4) is 5.75 Å². The Balaban J connectivity index is 1.77. The van der Waals surface area contributed by atoms with E-state index >= 15 is 0 Å². The number of aryl methyl sites for hydroxylation is 2. The molecule has 0 aliphatic heterocycles. The van der Waals surface area contributed by atoms with Gasteiger partial charge in [-0.3, -0.25) is 0 Å². The van der Waals surface area contributed by atoms with E-state index in [1.165, 1.54) is 41.6 Å². The third-order valence-electron chi connectivity index (χ3n) is 4.19. The summed E-state index contributed by atoms with van der Waals surface area (Å²) in [5.41, 5.74) is 5.09. The minimum Gasteiger partial charge on any atom is -0.494 e. The van der Waals surface area contributed by atoms with Crippen LogP contribution in [0, 0.1) is 13.8 Å². The van der Waals surface area contributed by atoms with E-state index in [2.05, 4.69) is 68.6 Å². The first kappa shape index (κ1) is 17.4. The van der Waals surface area contributed by atoms with Gasteiger partial charge in [0.15, 0.2) is 0 Å². The first-order valence-electron chi connectivity index (χ1n) is 8.72. The maximum absolute atomic E-state index is 5.78. The zero-order chi connectivity index (χ0) is 16.5. The van der Waals surface area contributed by atoms with E-state index in [0.29, 0.717) is 0 Å². The molecule has 2 aromatic rings. The topological polar surface area (TPSA) is 21.3 Å². The molecule has 23 heavy (non-hydrogen) atoms. The second kappa shape index (κ2) is 9.24. The Morgan fingerprint density at radius 3 is 2.35 bits per heavy atom. The summed E-state index contributed by atoms with van der Waals surface area (Å²) in [5.74, 6) is 0.969. The van der Waals surface area contributed by atoms with Gasteiger partial charge in [0.05, 0.1) is 6.61 Å². The molecule has 124 valence electrons. The fourth-order valence-corrected chi connectivity index (χ4v) is 2.48. The minimum atomic E-state index is 0.820. The highest BCUT2D eigenvalue weighted by molar-refractivity contribution is 5.48. The smallest absolute Gasteiger partial charge is 0.119 e. The van der Waals surface area contributed by atoms with E-state index in [-0.39, 0.29) is 0 Å². The van der Waals surface area contributed by atoms with Gasteiger partial charge in [0.25, 0.3) is 0 Å². The van der Waals surface area contributed by atoms with Crippen LogP contribution in [0.25, 0.3) is 0 Å². The molecule has 2 nitrogen and oxygen atoms in total. The quantitative estimate of drug-likeness (QED) is 0.584. The standard InChI is InChI=1S/C21H29NO/c1-4-5-6-7-14-23-21-12-9-19(10-13-21)16-22-20-11-8-17(2)18(3)15-20/h8-13,15,22H,4-7,14,16H2,1-3H3. The van der Waals surface area contributed by atoms with Crippen LogP contribution in [0.1, 0.15) is 49.3 Å². The summed E-state index contributed by atoms with van der Waals surface area (Å²) >= 11 is 0. The van der Waals surface area contributed by atoms with Gasteiger partial charge in [0.1, 0.15) is 5.75 Å². The van der Waals surface area contributed by atoms with Crippen molar-refractivity contribution < 1.29 is 4.74 Å². The highest BCUT2D eigenvalue weighted by Crippen LogP contribution is 2.17. The second-order valence-electron chi connectivity index (χ2n) is 6.21. The summed E-state index contributed by atoms with van der Waals surface area (Å²) in [7, 11) is 0. The molecule has 0 saturated heterocycles. The van der Waals surface area contributed by atoms with Crippen LogP contribution in [0.3, 0.4) is 0 Å². The van der Waals surface area contributed by atoms with Crippen molar-refractivity contribution in [2.75, 3.05) is 11.9 Å². The van der Waals surface area contributed by atoms with Crippen LogP contribution in [0.15, 0.2) is 42.5 Å². The summed E-state index contributed by atoms with van der Waals surface area (Å²) in [5, 5.41) is 3.47. The van der Waals surface area contributed by atoms with Gasteiger partial charge in [0.2, 0.25) is 0 Å². The number of hydrogen-bond donors (Lipinski definition) is 1. The van der Waals surface area contributed by atoms with Crippen LogP contribution in [0.4, 0.5) is 5.69 Å². The molecule has 0 saturated carbocycles. The molecule has 2 rings (SSSR count). The Hall–Kier alpha value is -1.96. The van der Waals surface area contributed by atoms with Gasteiger partial charge >= 0.3 is 0 Å². The van der Waals surface area contributed by atoms with E-state index < -0.39 is 0 Å². The third kappa shape index (κ3) is 5.97. The van der Waals surface area contributed by atoms with Crippen LogP contribution in [0.2, 0.25) is 0 Å². The lowest BCUT2D eigenvalue weighted by molar-refractivity contribution is 0.305. The third-order valence-corrected chi connectivity index (χ3v) is 4.19. The van der Waals surface area contributed by atoms with Gasteiger partial charge in [-0.2, -0.15) is 0 Å². The highest BCUT2D eigenvalue weighted by atomic mass is 16.5. The average Bonchev–Trinajstić information content (AvgIpc) is 2.57. The first-order chi connectivity index (χ1) is 11.2. The molecule has 0 fully saturated rings. The van der Waals surface area contributed by atoms with Gasteiger partial charge in [0, 0.05) is 12.2 Å². The summed E-state index contributed by atoms with van der Waals surface area (Å²) in [6, 6.07) is 14.9. The number of nitrogens with one attached hydrogen (secondary N) is 1. The van der Waals surface area contributed by atoms with Gasteiger partial charge in [-0.05, 0) is 61.2 Å². The Morgan fingerprint density at radius 2 is 1.65 bits per heavy atom. The number of anilines is 1. The molecule has 0 unspecified atom stereocenters. The lowest BCUT2D eigenvalue weighted by Crippen LogP contribution is -2.01. The largest absolute Gasteiger partial charge is 0.494 e. The molecule has 0 spiro atoms. The van der Waals surface area contributed by atoms with Crippen LogP contribution in [0.5, 0.6) is 5.75 Å². The van der Waals surface area contributed by atoms with Crippen LogP contribution >= 0.6 is 0 Å². The number of ether oxygens (including phenoxy) is 1. The molecule has 1 N–H and O–H groups in total. The maximum atomic E-state index is 5.78. The van der Waals surface area contributed by atoms with Crippen molar-refractivity contribution in [1.82, 2.24) is 0 Å². The molecule has 0 aromatic heterocycles. The fraction of sp³-hybridized carbons (Fsp3) is 0.429. The fourth-order valence-electron chi connectivity index (χ4n) is 2.48. The van der Waals surface area contributed by atoms with Crippen molar-refractivity contribution >= 4 is 5.69 Å². The van der Waals surface area contributed by atoms with E-state index in [1.807, 2.05) is 0 Å². The average molecular weight is 311 g/mol. The molecule has 0 aliphatic carbocycles. The zero-order valence-electron chi connectivity index (χ0n) is 14.7. The molecule has 0 bridgehead atoms. The second-order valence-corrected chi connectivity index (χ2v) is 6.21. The number of unbranched alkanes of at least 4 members (excludes halogenated alkanes) is 3. The highest BCUT2D eigenvalue weighted by Gasteiger charge is 1.99. The van der Waals surface area contributed by atoms with E-state index in [1.54, 1.807) is 0 Å². The van der Waals surface area contributed by atoms with E-state index in [9.17, 15) is 0 Å². The lowest BCUT2D eigenvalue weighted by atomic mass is 10.1. The van der Waals surface area contributed by atoms with Crippen molar-refractivity contribution in [1.29, 1.82) is 0 Å². The minimum absolute atomic E-state index is 0.820. The Kier molecular flexibility index (Phi) is 6.99. The van der Waals surface area contributed by atoms with Gasteiger partial charge in [-0.1, -0.05) is 44.4 Å². The molecular formula is C21H29NO. The SMILES string of the molecule is CCCCCCOc1ccc(CNc2ccc(C)c(C)c2)cc1. The summed E-state index contributed by atoms with van der Waals surface area (Å²) < 4.78 is 5.78.